The fraction of sp³-hybridized carbons (Fsp3) is 0.188. The molecular weight excluding hydrogens is 262 g/mol. The van der Waals surface area contributed by atoms with Crippen LogP contribution in [0.1, 0.15) is 17.1 Å². The Morgan fingerprint density at radius 3 is 2.48 bits per heavy atom. The van der Waals surface area contributed by atoms with Gasteiger partial charge in [-0.2, -0.15) is 9.78 Å². The molecule has 0 spiro atoms. The molecule has 3 rings (SSSR count). The highest BCUT2D eigenvalue weighted by molar-refractivity contribution is 5.66. The second-order valence-electron chi connectivity index (χ2n) is 5.10. The maximum absolute atomic E-state index is 6.10. The normalized spacial score (nSPS) is 10.8. The van der Waals surface area contributed by atoms with Gasteiger partial charge in [-0.3, -0.25) is 0 Å². The summed E-state index contributed by atoms with van der Waals surface area (Å²) in [5.74, 6) is 1.96. The number of aromatic nitrogens is 4. The first-order chi connectivity index (χ1) is 10.0. The predicted octanol–water partition coefficient (Wildman–Crippen LogP) is 2.84. The maximum atomic E-state index is 6.10. The fourth-order valence-corrected chi connectivity index (χ4v) is 2.38. The number of rotatable bonds is 2. The van der Waals surface area contributed by atoms with Crippen molar-refractivity contribution in [2.75, 3.05) is 5.73 Å². The first kappa shape index (κ1) is 13.3. The minimum atomic E-state index is 0.561. The highest BCUT2D eigenvalue weighted by atomic mass is 15.3. The molecule has 0 radical (unpaired) electrons. The van der Waals surface area contributed by atoms with Crippen molar-refractivity contribution < 1.29 is 0 Å². The van der Waals surface area contributed by atoms with Crippen molar-refractivity contribution in [3.8, 4) is 17.1 Å². The molecule has 0 atom stereocenters. The van der Waals surface area contributed by atoms with E-state index < -0.39 is 0 Å². The van der Waals surface area contributed by atoms with Crippen molar-refractivity contribution in [1.29, 1.82) is 0 Å². The van der Waals surface area contributed by atoms with Crippen LogP contribution < -0.4 is 5.73 Å². The van der Waals surface area contributed by atoms with Gasteiger partial charge in [0.2, 0.25) is 0 Å². The van der Waals surface area contributed by atoms with E-state index >= 15 is 0 Å². The molecular formula is C16H17N5. The highest BCUT2D eigenvalue weighted by Crippen LogP contribution is 2.25. The van der Waals surface area contributed by atoms with Crippen molar-refractivity contribution in [2.45, 2.75) is 20.8 Å². The van der Waals surface area contributed by atoms with Crippen molar-refractivity contribution in [3.05, 3.63) is 53.5 Å². The highest BCUT2D eigenvalue weighted by Gasteiger charge is 2.12. The van der Waals surface area contributed by atoms with Gasteiger partial charge < -0.3 is 5.73 Å². The lowest BCUT2D eigenvalue weighted by atomic mass is 10.1. The van der Waals surface area contributed by atoms with Gasteiger partial charge in [0, 0.05) is 23.4 Å². The molecule has 0 saturated heterocycles. The van der Waals surface area contributed by atoms with Crippen LogP contribution in [0.3, 0.4) is 0 Å². The molecule has 5 nitrogen and oxygen atoms in total. The summed E-state index contributed by atoms with van der Waals surface area (Å²) in [5.41, 5.74) is 10.1. The van der Waals surface area contributed by atoms with E-state index in [-0.39, 0.29) is 0 Å². The minimum Gasteiger partial charge on any atom is -0.384 e. The summed E-state index contributed by atoms with van der Waals surface area (Å²) in [5, 5.41) is 4.59. The predicted molar refractivity (Wildman–Crippen MR) is 83.2 cm³/mol. The van der Waals surface area contributed by atoms with Crippen molar-refractivity contribution >= 4 is 5.82 Å². The smallest absolute Gasteiger partial charge is 0.159 e. The van der Waals surface area contributed by atoms with Crippen LogP contribution in [-0.4, -0.2) is 19.7 Å². The number of nitrogens with zero attached hydrogens (tertiary/aromatic N) is 4. The van der Waals surface area contributed by atoms with Crippen LogP contribution in [0.4, 0.5) is 5.82 Å². The van der Waals surface area contributed by atoms with Gasteiger partial charge in [0.25, 0.3) is 0 Å². The van der Waals surface area contributed by atoms with Crippen molar-refractivity contribution in [3.63, 3.8) is 0 Å². The number of hydrogen-bond acceptors (Lipinski definition) is 4. The molecule has 0 saturated carbocycles. The lowest BCUT2D eigenvalue weighted by Gasteiger charge is -2.05. The van der Waals surface area contributed by atoms with Crippen molar-refractivity contribution in [1.82, 2.24) is 19.7 Å². The number of aryl methyl sites for hydroxylation is 3. The quantitative estimate of drug-likeness (QED) is 0.783. The number of nitrogens with two attached hydrogens (primary N) is 1. The lowest BCUT2D eigenvalue weighted by Crippen LogP contribution is -2.06. The van der Waals surface area contributed by atoms with Crippen LogP contribution in [0, 0.1) is 20.8 Å². The Bertz CT molecular complexity index is 784. The van der Waals surface area contributed by atoms with Crippen LogP contribution in [0.2, 0.25) is 0 Å². The first-order valence-corrected chi connectivity index (χ1v) is 6.79. The molecule has 0 fully saturated rings. The molecule has 5 heteroatoms. The molecule has 0 aliphatic carbocycles. The summed E-state index contributed by atoms with van der Waals surface area (Å²) in [6, 6.07) is 11.8. The zero-order valence-electron chi connectivity index (χ0n) is 12.3. The van der Waals surface area contributed by atoms with E-state index in [0.717, 1.165) is 22.5 Å². The van der Waals surface area contributed by atoms with Gasteiger partial charge in [0.05, 0.1) is 5.69 Å². The van der Waals surface area contributed by atoms with Crippen LogP contribution in [0.25, 0.3) is 17.1 Å². The van der Waals surface area contributed by atoms with Gasteiger partial charge in [0.15, 0.2) is 5.82 Å². The summed E-state index contributed by atoms with van der Waals surface area (Å²) in [6.07, 6.45) is 0. The molecule has 21 heavy (non-hydrogen) atoms. The van der Waals surface area contributed by atoms with Gasteiger partial charge in [0.1, 0.15) is 11.6 Å². The molecule has 0 aliphatic heterocycles. The van der Waals surface area contributed by atoms with E-state index in [0.29, 0.717) is 17.5 Å². The monoisotopic (exact) mass is 279 g/mol. The van der Waals surface area contributed by atoms with Crippen LogP contribution >= 0.6 is 0 Å². The standard InChI is InChI=1S/C16H17N5/c1-10-6-4-5-7-13(10)14-9-15(17)21(20-14)16-8-11(2)18-12(3)19-16/h4-9H,17H2,1-3H3. The van der Waals surface area contributed by atoms with E-state index in [1.165, 1.54) is 0 Å². The molecule has 2 N–H and O–H groups in total. The molecule has 106 valence electrons. The minimum absolute atomic E-state index is 0.561. The van der Waals surface area contributed by atoms with Gasteiger partial charge in [-0.1, -0.05) is 24.3 Å². The molecule has 0 amide bonds. The Balaban J connectivity index is 2.12. The molecule has 2 heterocycles. The first-order valence-electron chi connectivity index (χ1n) is 6.79. The second-order valence-corrected chi connectivity index (χ2v) is 5.10. The van der Waals surface area contributed by atoms with E-state index in [9.17, 15) is 0 Å². The lowest BCUT2D eigenvalue weighted by molar-refractivity contribution is 0.833. The summed E-state index contributed by atoms with van der Waals surface area (Å²) in [4.78, 5) is 8.68. The number of benzene rings is 1. The average Bonchev–Trinajstić information content (AvgIpc) is 2.80. The van der Waals surface area contributed by atoms with E-state index in [4.69, 9.17) is 5.73 Å². The topological polar surface area (TPSA) is 69.6 Å². The van der Waals surface area contributed by atoms with E-state index in [1.807, 2.05) is 44.2 Å². The molecule has 0 aliphatic rings. The van der Waals surface area contributed by atoms with Crippen LogP contribution in [-0.2, 0) is 0 Å². The third-order valence-electron chi connectivity index (χ3n) is 3.33. The number of anilines is 1. The molecule has 3 aromatic rings. The fourth-order valence-electron chi connectivity index (χ4n) is 2.38. The Labute approximate surface area is 123 Å². The van der Waals surface area contributed by atoms with Crippen molar-refractivity contribution in [2.24, 2.45) is 0 Å². The maximum Gasteiger partial charge on any atom is 0.159 e. The van der Waals surface area contributed by atoms with Crippen LogP contribution in [0.15, 0.2) is 36.4 Å². The van der Waals surface area contributed by atoms with E-state index in [1.54, 1.807) is 4.68 Å². The number of nitrogen functional groups attached to an aromatic ring is 1. The third kappa shape index (κ3) is 2.50. The Morgan fingerprint density at radius 2 is 1.76 bits per heavy atom. The summed E-state index contributed by atoms with van der Waals surface area (Å²) < 4.78 is 1.66. The molecule has 2 aromatic heterocycles. The molecule has 1 aromatic carbocycles. The zero-order chi connectivity index (χ0) is 15.0. The Morgan fingerprint density at radius 1 is 1.00 bits per heavy atom. The Kier molecular flexibility index (Phi) is 3.17. The van der Waals surface area contributed by atoms with Gasteiger partial charge in [-0.05, 0) is 26.3 Å². The molecule has 0 unspecified atom stereocenters. The summed E-state index contributed by atoms with van der Waals surface area (Å²) >= 11 is 0. The van der Waals surface area contributed by atoms with Gasteiger partial charge in [-0.25, -0.2) is 9.97 Å². The summed E-state index contributed by atoms with van der Waals surface area (Å²) in [7, 11) is 0. The SMILES string of the molecule is Cc1cc(-n2nc(-c3ccccc3C)cc2N)nc(C)n1. The van der Waals surface area contributed by atoms with E-state index in [2.05, 4.69) is 28.1 Å². The van der Waals surface area contributed by atoms with Gasteiger partial charge >= 0.3 is 0 Å². The van der Waals surface area contributed by atoms with Crippen LogP contribution in [0.5, 0.6) is 0 Å². The zero-order valence-corrected chi connectivity index (χ0v) is 12.3. The third-order valence-corrected chi connectivity index (χ3v) is 3.33. The summed E-state index contributed by atoms with van der Waals surface area (Å²) in [6.45, 7) is 5.85. The largest absolute Gasteiger partial charge is 0.384 e. The van der Waals surface area contributed by atoms with Gasteiger partial charge in [-0.15, -0.1) is 0 Å². The average molecular weight is 279 g/mol. The number of hydrogen-bond donors (Lipinski definition) is 1. The second kappa shape index (κ2) is 5.01. The molecule has 0 bridgehead atoms. The Hall–Kier alpha value is -2.69.